The molecule has 0 aliphatic heterocycles. The summed E-state index contributed by atoms with van der Waals surface area (Å²) in [5.74, 6) is 0.0426. The smallest absolute Gasteiger partial charge is 0.256 e. The number of carbonyl (C=O) groups is 1. The molecule has 0 atom stereocenters. The number of rotatable bonds is 4. The minimum Gasteiger partial charge on any atom is -0.506 e. The summed E-state index contributed by atoms with van der Waals surface area (Å²) in [7, 11) is 2.97. The molecule has 0 saturated carbocycles. The molecule has 6 nitrogen and oxygen atoms in total. The van der Waals surface area contributed by atoms with Gasteiger partial charge in [0, 0.05) is 17.2 Å². The molecule has 2 aromatic rings. The lowest BCUT2D eigenvalue weighted by molar-refractivity contribution is 0.102. The zero-order chi connectivity index (χ0) is 18.8. The Labute approximate surface area is 147 Å². The molecular formula is C19H23NO5. The van der Waals surface area contributed by atoms with Crippen molar-refractivity contribution in [3.8, 4) is 23.0 Å². The van der Waals surface area contributed by atoms with E-state index in [1.165, 1.54) is 20.3 Å². The van der Waals surface area contributed by atoms with Gasteiger partial charge in [-0.3, -0.25) is 4.79 Å². The van der Waals surface area contributed by atoms with Crippen LogP contribution in [0, 0.1) is 0 Å². The van der Waals surface area contributed by atoms with Gasteiger partial charge in [-0.1, -0.05) is 26.8 Å². The quantitative estimate of drug-likeness (QED) is 0.736. The molecule has 0 fully saturated rings. The van der Waals surface area contributed by atoms with Crippen LogP contribution in [0.3, 0.4) is 0 Å². The molecule has 1 amide bonds. The summed E-state index contributed by atoms with van der Waals surface area (Å²) in [5.41, 5.74) is 0.510. The lowest BCUT2D eigenvalue weighted by Crippen LogP contribution is -2.15. The van der Waals surface area contributed by atoms with Crippen molar-refractivity contribution in [3.05, 3.63) is 41.5 Å². The van der Waals surface area contributed by atoms with Crippen molar-refractivity contribution in [2.45, 2.75) is 26.2 Å². The number of anilines is 1. The number of aromatic hydroxyl groups is 2. The average molecular weight is 345 g/mol. The minimum absolute atomic E-state index is 0.0285. The normalized spacial score (nSPS) is 11.1. The first-order valence-corrected chi connectivity index (χ1v) is 7.77. The fourth-order valence-electron chi connectivity index (χ4n) is 2.43. The molecule has 134 valence electrons. The van der Waals surface area contributed by atoms with Gasteiger partial charge in [-0.15, -0.1) is 0 Å². The van der Waals surface area contributed by atoms with E-state index in [1.54, 1.807) is 24.3 Å². The van der Waals surface area contributed by atoms with Gasteiger partial charge in [-0.2, -0.15) is 0 Å². The summed E-state index contributed by atoms with van der Waals surface area (Å²) in [5, 5.41) is 23.1. The van der Waals surface area contributed by atoms with Gasteiger partial charge in [0.25, 0.3) is 5.91 Å². The average Bonchev–Trinajstić information content (AvgIpc) is 2.56. The second kappa shape index (κ2) is 6.93. The standard InChI is InChI=1S/C19H23NO5/c1-19(2,3)14-6-7-15(21)16(17(14)22)20-18(23)11-8-12(24-4)10-13(9-11)25-5/h6-10,21-22H,1-5H3,(H,20,23). The van der Waals surface area contributed by atoms with Gasteiger partial charge in [-0.25, -0.2) is 0 Å². The summed E-state index contributed by atoms with van der Waals surface area (Å²) in [4.78, 5) is 12.6. The maximum Gasteiger partial charge on any atom is 0.256 e. The maximum atomic E-state index is 12.6. The van der Waals surface area contributed by atoms with Gasteiger partial charge in [0.15, 0.2) is 0 Å². The van der Waals surface area contributed by atoms with Crippen molar-refractivity contribution >= 4 is 11.6 Å². The Bertz CT molecular complexity index is 771. The maximum absolute atomic E-state index is 12.6. The molecule has 0 aliphatic carbocycles. The second-order valence-corrected chi connectivity index (χ2v) is 6.66. The highest BCUT2D eigenvalue weighted by Gasteiger charge is 2.23. The van der Waals surface area contributed by atoms with Crippen LogP contribution in [0.5, 0.6) is 23.0 Å². The molecule has 2 rings (SSSR count). The monoisotopic (exact) mass is 345 g/mol. The van der Waals surface area contributed by atoms with Crippen molar-refractivity contribution < 1.29 is 24.5 Å². The summed E-state index contributed by atoms with van der Waals surface area (Å²) in [6, 6.07) is 7.81. The van der Waals surface area contributed by atoms with E-state index < -0.39 is 5.91 Å². The Morgan fingerprint density at radius 3 is 2.04 bits per heavy atom. The Kier molecular flexibility index (Phi) is 5.11. The van der Waals surface area contributed by atoms with E-state index in [4.69, 9.17) is 9.47 Å². The van der Waals surface area contributed by atoms with Gasteiger partial charge >= 0.3 is 0 Å². The Morgan fingerprint density at radius 2 is 1.56 bits per heavy atom. The van der Waals surface area contributed by atoms with E-state index in [-0.39, 0.29) is 28.2 Å². The second-order valence-electron chi connectivity index (χ2n) is 6.66. The predicted octanol–water partition coefficient (Wildman–Crippen LogP) is 3.66. The summed E-state index contributed by atoms with van der Waals surface area (Å²) < 4.78 is 10.3. The number of carbonyl (C=O) groups excluding carboxylic acids is 1. The molecule has 6 heteroatoms. The molecule has 2 aromatic carbocycles. The summed E-state index contributed by atoms with van der Waals surface area (Å²) >= 11 is 0. The zero-order valence-electron chi connectivity index (χ0n) is 15.0. The van der Waals surface area contributed by atoms with E-state index in [9.17, 15) is 15.0 Å². The van der Waals surface area contributed by atoms with Crippen LogP contribution in [0.15, 0.2) is 30.3 Å². The molecule has 0 heterocycles. The summed E-state index contributed by atoms with van der Waals surface area (Å²) in [6.07, 6.45) is 0. The molecule has 25 heavy (non-hydrogen) atoms. The lowest BCUT2D eigenvalue weighted by Gasteiger charge is -2.22. The number of benzene rings is 2. The van der Waals surface area contributed by atoms with Crippen LogP contribution in [0.2, 0.25) is 0 Å². The van der Waals surface area contributed by atoms with Gasteiger partial charge in [0.1, 0.15) is 28.7 Å². The van der Waals surface area contributed by atoms with Gasteiger partial charge in [-0.05, 0) is 23.6 Å². The fraction of sp³-hybridized carbons (Fsp3) is 0.316. The van der Waals surface area contributed by atoms with Crippen LogP contribution >= 0.6 is 0 Å². The highest BCUT2D eigenvalue weighted by Crippen LogP contribution is 2.41. The van der Waals surface area contributed by atoms with Crippen molar-refractivity contribution in [1.29, 1.82) is 0 Å². The first-order valence-electron chi connectivity index (χ1n) is 7.77. The number of hydrogen-bond acceptors (Lipinski definition) is 5. The molecule has 3 N–H and O–H groups in total. The van der Waals surface area contributed by atoms with Gasteiger partial charge in [0.2, 0.25) is 0 Å². The predicted molar refractivity (Wildman–Crippen MR) is 96.0 cm³/mol. The van der Waals surface area contributed by atoms with Crippen LogP contribution in [0.4, 0.5) is 5.69 Å². The van der Waals surface area contributed by atoms with Crippen LogP contribution < -0.4 is 14.8 Å². The molecule has 0 radical (unpaired) electrons. The van der Waals surface area contributed by atoms with Crippen LogP contribution in [0.25, 0.3) is 0 Å². The lowest BCUT2D eigenvalue weighted by atomic mass is 9.86. The van der Waals surface area contributed by atoms with Crippen molar-refractivity contribution in [1.82, 2.24) is 0 Å². The van der Waals surface area contributed by atoms with E-state index >= 15 is 0 Å². The highest BCUT2D eigenvalue weighted by molar-refractivity contribution is 6.06. The molecule has 0 spiro atoms. The van der Waals surface area contributed by atoms with E-state index in [0.29, 0.717) is 17.1 Å². The number of methoxy groups -OCH3 is 2. The third-order valence-electron chi connectivity index (χ3n) is 3.82. The Morgan fingerprint density at radius 1 is 1.00 bits per heavy atom. The number of hydrogen-bond donors (Lipinski definition) is 3. The number of phenolic OH excluding ortho intramolecular Hbond substituents is 2. The first-order chi connectivity index (χ1) is 11.7. The third kappa shape index (κ3) is 3.96. The van der Waals surface area contributed by atoms with E-state index in [2.05, 4.69) is 5.32 Å². The van der Waals surface area contributed by atoms with Crippen molar-refractivity contribution in [3.63, 3.8) is 0 Å². The molecule has 0 bridgehead atoms. The van der Waals surface area contributed by atoms with Crippen molar-refractivity contribution in [2.24, 2.45) is 0 Å². The van der Waals surface area contributed by atoms with Gasteiger partial charge in [0.05, 0.1) is 14.2 Å². The number of phenols is 2. The SMILES string of the molecule is COc1cc(OC)cc(C(=O)Nc2c(O)ccc(C(C)(C)C)c2O)c1. The molecule has 0 unspecified atom stereocenters. The Balaban J connectivity index is 2.42. The molecule has 0 aromatic heterocycles. The van der Waals surface area contributed by atoms with E-state index in [0.717, 1.165) is 0 Å². The fourth-order valence-corrected chi connectivity index (χ4v) is 2.43. The van der Waals surface area contributed by atoms with Crippen LogP contribution in [0.1, 0.15) is 36.7 Å². The largest absolute Gasteiger partial charge is 0.506 e. The number of nitrogens with one attached hydrogen (secondary N) is 1. The summed E-state index contributed by atoms with van der Waals surface area (Å²) in [6.45, 7) is 5.78. The van der Waals surface area contributed by atoms with Crippen molar-refractivity contribution in [2.75, 3.05) is 19.5 Å². The number of amides is 1. The highest BCUT2D eigenvalue weighted by atomic mass is 16.5. The van der Waals surface area contributed by atoms with Crippen LogP contribution in [-0.2, 0) is 5.41 Å². The van der Waals surface area contributed by atoms with Crippen LogP contribution in [-0.4, -0.2) is 30.3 Å². The molecule has 0 saturated heterocycles. The molecule has 0 aliphatic rings. The zero-order valence-corrected chi connectivity index (χ0v) is 15.0. The first kappa shape index (κ1) is 18.4. The van der Waals surface area contributed by atoms with Gasteiger partial charge < -0.3 is 25.0 Å². The number of ether oxygens (including phenoxy) is 2. The minimum atomic E-state index is -0.506. The van der Waals surface area contributed by atoms with E-state index in [1.807, 2.05) is 20.8 Å². The third-order valence-corrected chi connectivity index (χ3v) is 3.82. The topological polar surface area (TPSA) is 88.0 Å². The molecular weight excluding hydrogens is 322 g/mol. The Hall–Kier alpha value is -2.89.